The number of alkyl halides is 2. The van der Waals surface area contributed by atoms with Crippen LogP contribution in [0.4, 0.5) is 8.78 Å². The fourth-order valence-corrected chi connectivity index (χ4v) is 1.98. The highest BCUT2D eigenvalue weighted by atomic mass is 79.9. The van der Waals surface area contributed by atoms with Gasteiger partial charge in [0.15, 0.2) is 0 Å². The van der Waals surface area contributed by atoms with Crippen LogP contribution in [0.2, 0.25) is 0 Å². The van der Waals surface area contributed by atoms with E-state index in [0.717, 1.165) is 0 Å². The van der Waals surface area contributed by atoms with Gasteiger partial charge in [0.25, 0.3) is 0 Å². The molecule has 1 saturated carbocycles. The van der Waals surface area contributed by atoms with E-state index in [9.17, 15) is 8.78 Å². The normalized spacial score (nSPS) is 19.7. The topological polar surface area (TPSA) is 36.7 Å². The van der Waals surface area contributed by atoms with E-state index in [1.807, 2.05) is 0 Å². The summed E-state index contributed by atoms with van der Waals surface area (Å²) in [7, 11) is 0. The Morgan fingerprint density at radius 3 is 2.67 bits per heavy atom. The van der Waals surface area contributed by atoms with Gasteiger partial charge in [-0.3, -0.25) is 0 Å². The maximum absolute atomic E-state index is 12.6. The van der Waals surface area contributed by atoms with E-state index in [0.29, 0.717) is 10.3 Å². The summed E-state index contributed by atoms with van der Waals surface area (Å²) in [6, 6.07) is 5.16. The Bertz CT molecular complexity index is 398. The summed E-state index contributed by atoms with van der Waals surface area (Å²) in [5, 5.41) is 7.74. The molecule has 0 atom stereocenters. The van der Waals surface area contributed by atoms with Crippen LogP contribution in [-0.2, 0) is 0 Å². The Hall–Kier alpha value is -0.840. The predicted octanol–water partition coefficient (Wildman–Crippen LogP) is 3.26. The summed E-state index contributed by atoms with van der Waals surface area (Å²) in [5.74, 6) is -2.93. The highest BCUT2D eigenvalue weighted by Gasteiger charge is 2.47. The molecule has 1 fully saturated rings. The van der Waals surface area contributed by atoms with Crippen molar-refractivity contribution in [2.24, 2.45) is 5.92 Å². The van der Waals surface area contributed by atoms with Gasteiger partial charge in [0, 0.05) is 18.8 Å². The Balaban J connectivity index is 2.10. The van der Waals surface area contributed by atoms with Gasteiger partial charge < -0.3 is 5.41 Å². The molecule has 1 aromatic heterocycles. The van der Waals surface area contributed by atoms with E-state index in [4.69, 9.17) is 5.41 Å². The van der Waals surface area contributed by atoms with E-state index in [1.165, 1.54) is 0 Å². The summed E-state index contributed by atoms with van der Waals surface area (Å²) in [4.78, 5) is 4.07. The molecule has 80 valence electrons. The largest absolute Gasteiger partial charge is 0.303 e. The summed E-state index contributed by atoms with van der Waals surface area (Å²) in [6.45, 7) is 0. The lowest BCUT2D eigenvalue weighted by molar-refractivity contribution is -0.0910. The lowest BCUT2D eigenvalue weighted by atomic mass is 9.77. The van der Waals surface area contributed by atoms with Crippen molar-refractivity contribution in [3.8, 4) is 0 Å². The number of halogens is 3. The van der Waals surface area contributed by atoms with Gasteiger partial charge in [-0.05, 0) is 28.1 Å². The van der Waals surface area contributed by atoms with Crippen LogP contribution < -0.4 is 0 Å². The minimum absolute atomic E-state index is 0.210. The number of hydrogen-bond donors (Lipinski definition) is 1. The molecule has 2 nitrogen and oxygen atoms in total. The van der Waals surface area contributed by atoms with Crippen LogP contribution in [0.1, 0.15) is 18.5 Å². The van der Waals surface area contributed by atoms with Crippen LogP contribution in [0.25, 0.3) is 0 Å². The summed E-state index contributed by atoms with van der Waals surface area (Å²) in [5.41, 5.74) is 0.687. The third-order valence-electron chi connectivity index (χ3n) is 2.49. The van der Waals surface area contributed by atoms with Gasteiger partial charge in [0.2, 0.25) is 5.92 Å². The SMILES string of the molecule is N=C(c1cccc(Br)n1)C1CC(F)(F)C1. The smallest absolute Gasteiger partial charge is 0.249 e. The zero-order chi connectivity index (χ0) is 11.1. The second kappa shape index (κ2) is 3.63. The molecular weight excluding hydrogens is 266 g/mol. The number of rotatable bonds is 2. The number of nitrogens with one attached hydrogen (secondary N) is 1. The van der Waals surface area contributed by atoms with Crippen LogP contribution in [0.3, 0.4) is 0 Å². The van der Waals surface area contributed by atoms with Crippen molar-refractivity contribution < 1.29 is 8.78 Å². The molecule has 0 amide bonds. The number of aromatic nitrogens is 1. The summed E-state index contributed by atoms with van der Waals surface area (Å²) < 4.78 is 25.9. The van der Waals surface area contributed by atoms with E-state index in [-0.39, 0.29) is 24.5 Å². The molecule has 1 aliphatic rings. The Labute approximate surface area is 94.4 Å². The van der Waals surface area contributed by atoms with Crippen molar-refractivity contribution >= 4 is 21.6 Å². The maximum Gasteiger partial charge on any atom is 0.249 e. The molecule has 0 aliphatic heterocycles. The molecule has 15 heavy (non-hydrogen) atoms. The molecule has 1 aromatic rings. The molecule has 1 aliphatic carbocycles. The average Bonchev–Trinajstić information content (AvgIpc) is 2.13. The van der Waals surface area contributed by atoms with Gasteiger partial charge in [-0.25, -0.2) is 13.8 Å². The van der Waals surface area contributed by atoms with Crippen LogP contribution in [-0.4, -0.2) is 16.6 Å². The van der Waals surface area contributed by atoms with E-state index >= 15 is 0 Å². The fraction of sp³-hybridized carbons (Fsp3) is 0.400. The molecule has 0 bridgehead atoms. The lowest BCUT2D eigenvalue weighted by Crippen LogP contribution is -2.40. The standard InChI is InChI=1S/C10H9BrF2N2/c11-8-3-1-2-7(15-8)9(14)6-4-10(12,13)5-6/h1-3,6,14H,4-5H2. The molecule has 2 rings (SSSR count). The van der Waals surface area contributed by atoms with Crippen molar-refractivity contribution in [2.45, 2.75) is 18.8 Å². The highest BCUT2D eigenvalue weighted by Crippen LogP contribution is 2.43. The molecule has 0 aromatic carbocycles. The molecule has 1 N–H and O–H groups in total. The number of nitrogens with zero attached hydrogens (tertiary/aromatic N) is 1. The fourth-order valence-electron chi connectivity index (χ4n) is 1.63. The third kappa shape index (κ3) is 2.22. The quantitative estimate of drug-likeness (QED) is 0.652. The van der Waals surface area contributed by atoms with Gasteiger partial charge in [-0.1, -0.05) is 6.07 Å². The second-order valence-electron chi connectivity index (χ2n) is 3.72. The van der Waals surface area contributed by atoms with Crippen LogP contribution in [0.5, 0.6) is 0 Å². The van der Waals surface area contributed by atoms with Crippen LogP contribution >= 0.6 is 15.9 Å². The van der Waals surface area contributed by atoms with Gasteiger partial charge in [-0.15, -0.1) is 0 Å². The van der Waals surface area contributed by atoms with Gasteiger partial charge in [0.05, 0.1) is 11.4 Å². The molecular formula is C10H9BrF2N2. The van der Waals surface area contributed by atoms with Crippen molar-refractivity contribution in [3.05, 3.63) is 28.5 Å². The molecule has 0 radical (unpaired) electrons. The van der Waals surface area contributed by atoms with E-state index in [1.54, 1.807) is 18.2 Å². The molecule has 5 heteroatoms. The Kier molecular flexibility index (Phi) is 2.58. The van der Waals surface area contributed by atoms with E-state index < -0.39 is 5.92 Å². The minimum Gasteiger partial charge on any atom is -0.303 e. The average molecular weight is 275 g/mol. The first-order valence-corrected chi connectivity index (χ1v) is 5.36. The third-order valence-corrected chi connectivity index (χ3v) is 2.93. The molecule has 0 saturated heterocycles. The highest BCUT2D eigenvalue weighted by molar-refractivity contribution is 9.10. The molecule has 0 spiro atoms. The minimum atomic E-state index is -2.58. The van der Waals surface area contributed by atoms with Gasteiger partial charge in [-0.2, -0.15) is 0 Å². The first-order chi connectivity index (χ1) is 6.98. The Morgan fingerprint density at radius 1 is 1.47 bits per heavy atom. The van der Waals surface area contributed by atoms with Crippen molar-refractivity contribution in [1.82, 2.24) is 4.98 Å². The monoisotopic (exact) mass is 274 g/mol. The summed E-state index contributed by atoms with van der Waals surface area (Å²) >= 11 is 3.19. The second-order valence-corrected chi connectivity index (χ2v) is 4.53. The zero-order valence-corrected chi connectivity index (χ0v) is 9.39. The van der Waals surface area contributed by atoms with Crippen molar-refractivity contribution in [2.75, 3.05) is 0 Å². The number of hydrogen-bond acceptors (Lipinski definition) is 2. The van der Waals surface area contributed by atoms with Crippen LogP contribution in [0, 0.1) is 11.3 Å². The van der Waals surface area contributed by atoms with Gasteiger partial charge >= 0.3 is 0 Å². The van der Waals surface area contributed by atoms with Crippen LogP contribution in [0.15, 0.2) is 22.8 Å². The zero-order valence-electron chi connectivity index (χ0n) is 7.80. The van der Waals surface area contributed by atoms with Crippen molar-refractivity contribution in [3.63, 3.8) is 0 Å². The predicted molar refractivity (Wildman–Crippen MR) is 56.4 cm³/mol. The summed E-state index contributed by atoms with van der Waals surface area (Å²) in [6.07, 6.45) is -0.444. The van der Waals surface area contributed by atoms with Gasteiger partial charge in [0.1, 0.15) is 4.60 Å². The lowest BCUT2D eigenvalue weighted by Gasteiger charge is -2.34. The number of pyridine rings is 1. The first kappa shape index (κ1) is 10.7. The first-order valence-electron chi connectivity index (χ1n) is 4.57. The van der Waals surface area contributed by atoms with Crippen molar-refractivity contribution in [1.29, 1.82) is 5.41 Å². The Morgan fingerprint density at radius 2 is 2.13 bits per heavy atom. The maximum atomic E-state index is 12.6. The molecule has 1 heterocycles. The molecule has 0 unspecified atom stereocenters. The van der Waals surface area contributed by atoms with E-state index in [2.05, 4.69) is 20.9 Å².